The van der Waals surface area contributed by atoms with Crippen molar-refractivity contribution in [1.82, 2.24) is 0 Å². The SMILES string of the molecule is C[N-]B(C)CC1CCCC1I.C[N-]C.C[N-]C.[CH3-].[Zr+4]. The summed E-state index contributed by atoms with van der Waals surface area (Å²) in [6.07, 6.45) is 5.62. The zero-order chi connectivity index (χ0) is 13.7. The topological polar surface area (TPSA) is 42.3 Å². The Kier molecular flexibility index (Phi) is 33.0. The molecule has 0 aliphatic heterocycles. The van der Waals surface area contributed by atoms with Crippen molar-refractivity contribution in [3.63, 3.8) is 0 Å². The molecule has 19 heavy (non-hydrogen) atoms. The van der Waals surface area contributed by atoms with E-state index in [1.165, 1.54) is 25.6 Å². The fourth-order valence-electron chi connectivity index (χ4n) is 1.80. The molecule has 6 heteroatoms. The number of nitrogens with zero attached hydrogens (tertiary/aromatic N) is 3. The fraction of sp³-hybridized carbons (Fsp3) is 0.923. The van der Waals surface area contributed by atoms with Gasteiger partial charge in [0.15, 0.2) is 0 Å². The van der Waals surface area contributed by atoms with Crippen molar-refractivity contribution in [2.75, 3.05) is 35.2 Å². The molecule has 1 saturated carbocycles. The molecule has 0 bridgehead atoms. The predicted octanol–water partition coefficient (Wildman–Crippen LogP) is 4.90. The first-order valence-corrected chi connectivity index (χ1v) is 7.50. The van der Waals surface area contributed by atoms with Gasteiger partial charge < -0.3 is 23.3 Å². The number of rotatable bonds is 3. The molecule has 0 heterocycles. The van der Waals surface area contributed by atoms with E-state index in [1.807, 2.05) is 7.05 Å². The van der Waals surface area contributed by atoms with E-state index >= 15 is 0 Å². The second kappa shape index (κ2) is 21.8. The Hall–Kier alpha value is 1.56. The molecule has 0 saturated heterocycles. The molecule has 112 valence electrons. The Labute approximate surface area is 155 Å². The summed E-state index contributed by atoms with van der Waals surface area (Å²) < 4.78 is 0.928. The summed E-state index contributed by atoms with van der Waals surface area (Å²) in [5, 5.41) is 11.3. The first-order valence-electron chi connectivity index (χ1n) is 6.26. The number of halogens is 1. The molecule has 0 radical (unpaired) electrons. The summed E-state index contributed by atoms with van der Waals surface area (Å²) in [4.78, 5) is 0. The zero-order valence-corrected chi connectivity index (χ0v) is 18.4. The normalized spacial score (nSPS) is 19.7. The quantitative estimate of drug-likeness (QED) is 0.250. The molecule has 1 aliphatic rings. The second-order valence-electron chi connectivity index (χ2n) is 4.44. The van der Waals surface area contributed by atoms with E-state index in [4.69, 9.17) is 0 Å². The third-order valence-corrected chi connectivity index (χ3v) is 4.29. The third kappa shape index (κ3) is 19.6. The van der Waals surface area contributed by atoms with Crippen LogP contribution >= 0.6 is 22.6 Å². The van der Waals surface area contributed by atoms with Crippen LogP contribution in [0.4, 0.5) is 0 Å². The Balaban J connectivity index is -0.000000122. The van der Waals surface area contributed by atoms with Crippen molar-refractivity contribution in [3.05, 3.63) is 23.3 Å². The molecule has 0 aromatic carbocycles. The smallest absolute Gasteiger partial charge is 0.689 e. The van der Waals surface area contributed by atoms with Crippen LogP contribution in [0, 0.1) is 13.3 Å². The Morgan fingerprint density at radius 2 is 1.47 bits per heavy atom. The summed E-state index contributed by atoms with van der Waals surface area (Å²) in [7, 11) is 8.93. The Morgan fingerprint density at radius 1 is 1.05 bits per heavy atom. The molecule has 0 N–H and O–H groups in total. The van der Waals surface area contributed by atoms with Crippen LogP contribution in [0.3, 0.4) is 0 Å². The van der Waals surface area contributed by atoms with E-state index in [-0.39, 0.29) is 33.6 Å². The minimum atomic E-state index is 0. The van der Waals surface area contributed by atoms with Gasteiger partial charge in [0.2, 0.25) is 0 Å². The van der Waals surface area contributed by atoms with Gasteiger partial charge in [0, 0.05) is 10.8 Å². The summed E-state index contributed by atoms with van der Waals surface area (Å²) >= 11 is 2.60. The Bertz CT molecular complexity index is 154. The molecule has 0 aromatic rings. The third-order valence-electron chi connectivity index (χ3n) is 2.65. The van der Waals surface area contributed by atoms with Gasteiger partial charge in [-0.1, -0.05) is 41.8 Å². The standard InChI is InChI=1S/C8H16BIN.2C2H6N.CH3.Zr/c1-9(11-2)6-7-4-3-5-8(7)10;2*1-3-2;;/h7-8H,3-6H2,1-2H3;2*1-2H3;1H3;/q4*-1;+4. The molecule has 0 aromatic heterocycles. The monoisotopic (exact) mass is 457 g/mol. The van der Waals surface area contributed by atoms with Crippen molar-refractivity contribution >= 4 is 29.4 Å². The Morgan fingerprint density at radius 3 is 1.74 bits per heavy atom. The van der Waals surface area contributed by atoms with Crippen LogP contribution < -0.4 is 0 Å². The molecule has 2 atom stereocenters. The average Bonchev–Trinajstić information content (AvgIpc) is 2.66. The van der Waals surface area contributed by atoms with Crippen molar-refractivity contribution < 1.29 is 26.2 Å². The maximum Gasteiger partial charge on any atom is 4.00 e. The van der Waals surface area contributed by atoms with E-state index in [1.54, 1.807) is 28.2 Å². The van der Waals surface area contributed by atoms with Gasteiger partial charge in [0.05, 0.1) is 0 Å². The summed E-state index contributed by atoms with van der Waals surface area (Å²) in [5.41, 5.74) is 0. The molecule has 0 spiro atoms. The van der Waals surface area contributed by atoms with Crippen LogP contribution in [0.2, 0.25) is 13.1 Å². The van der Waals surface area contributed by atoms with E-state index < -0.39 is 0 Å². The van der Waals surface area contributed by atoms with Gasteiger partial charge in [-0.2, -0.15) is 35.2 Å². The minimum absolute atomic E-state index is 0. The number of hydrogen-bond donors (Lipinski definition) is 0. The van der Waals surface area contributed by atoms with Gasteiger partial charge in [-0.3, -0.25) is 0 Å². The molecule has 3 nitrogen and oxygen atoms in total. The van der Waals surface area contributed by atoms with Crippen molar-refractivity contribution in [2.45, 2.75) is 36.3 Å². The minimum Gasteiger partial charge on any atom is -0.689 e. The molecule has 2 unspecified atom stereocenters. The zero-order valence-electron chi connectivity index (χ0n) is 13.8. The predicted molar refractivity (Wildman–Crippen MR) is 97.7 cm³/mol. The number of alkyl halides is 1. The van der Waals surface area contributed by atoms with Crippen molar-refractivity contribution in [3.8, 4) is 0 Å². The van der Waals surface area contributed by atoms with Gasteiger partial charge in [-0.15, -0.1) is 6.82 Å². The van der Waals surface area contributed by atoms with E-state index in [2.05, 4.69) is 45.3 Å². The maximum absolute atomic E-state index is 4.28. The van der Waals surface area contributed by atoms with Gasteiger partial charge in [-0.05, 0) is 12.3 Å². The molecular weight excluding hydrogens is 427 g/mol. The van der Waals surface area contributed by atoms with Crippen LogP contribution in [0.5, 0.6) is 0 Å². The first kappa shape index (κ1) is 28.7. The van der Waals surface area contributed by atoms with Crippen molar-refractivity contribution in [2.24, 2.45) is 5.92 Å². The fourth-order valence-corrected chi connectivity index (χ4v) is 2.89. The van der Waals surface area contributed by atoms with Crippen LogP contribution in [0.15, 0.2) is 0 Å². The number of hydrogen-bond acceptors (Lipinski definition) is 0. The van der Waals surface area contributed by atoms with Gasteiger partial charge >= 0.3 is 26.2 Å². The maximum atomic E-state index is 4.28. The van der Waals surface area contributed by atoms with E-state index in [0.717, 1.165) is 9.84 Å². The molecule has 0 amide bonds. The molecular formula is C13H31BIN3Zr. The van der Waals surface area contributed by atoms with Gasteiger partial charge in [0.25, 0.3) is 0 Å². The van der Waals surface area contributed by atoms with Crippen LogP contribution in [0.25, 0.3) is 15.9 Å². The average molecular weight is 458 g/mol. The summed E-state index contributed by atoms with van der Waals surface area (Å²) in [6, 6.07) is 0. The van der Waals surface area contributed by atoms with Crippen LogP contribution in [-0.2, 0) is 26.2 Å². The largest absolute Gasteiger partial charge is 4.00 e. The molecule has 1 fully saturated rings. The molecule has 1 rings (SSSR count). The van der Waals surface area contributed by atoms with Crippen LogP contribution in [0.1, 0.15) is 19.3 Å². The summed E-state index contributed by atoms with van der Waals surface area (Å²) in [5.74, 6) is 0.953. The first-order chi connectivity index (χ1) is 8.06. The van der Waals surface area contributed by atoms with E-state index in [0.29, 0.717) is 6.85 Å². The summed E-state index contributed by atoms with van der Waals surface area (Å²) in [6.45, 7) is 2.80. The van der Waals surface area contributed by atoms with Crippen molar-refractivity contribution in [1.29, 1.82) is 0 Å². The van der Waals surface area contributed by atoms with E-state index in [9.17, 15) is 0 Å². The second-order valence-corrected chi connectivity index (χ2v) is 6.04. The van der Waals surface area contributed by atoms with Gasteiger partial charge in [-0.25, -0.2) is 0 Å². The van der Waals surface area contributed by atoms with Gasteiger partial charge in [0.1, 0.15) is 0 Å². The van der Waals surface area contributed by atoms with Crippen LogP contribution in [-0.4, -0.2) is 46.0 Å². The molecule has 1 aliphatic carbocycles.